The zero-order valence-electron chi connectivity index (χ0n) is 15.3. The fourth-order valence-corrected chi connectivity index (χ4v) is 4.77. The Kier molecular flexibility index (Phi) is 3.79. The van der Waals surface area contributed by atoms with Crippen molar-refractivity contribution < 1.29 is 14.3 Å². The van der Waals surface area contributed by atoms with Gasteiger partial charge in [0.15, 0.2) is 0 Å². The molecule has 3 heterocycles. The number of thiophene rings is 1. The number of esters is 2. The quantitative estimate of drug-likeness (QED) is 0.500. The summed E-state index contributed by atoms with van der Waals surface area (Å²) in [7, 11) is 1.93. The van der Waals surface area contributed by atoms with E-state index in [0.29, 0.717) is 21.6 Å². The number of carbonyl (C=O) groups excluding carboxylic acids is 2. The normalized spacial score (nSPS) is 14.2. The van der Waals surface area contributed by atoms with Gasteiger partial charge in [-0.3, -0.25) is 0 Å². The number of ether oxygens (including phenoxy) is 1. The maximum atomic E-state index is 12.7. The first-order chi connectivity index (χ1) is 12.9. The molecule has 0 unspecified atom stereocenters. The molecule has 3 aromatic rings. The molecular weight excluding hydrogens is 360 g/mol. The van der Waals surface area contributed by atoms with Crippen LogP contribution in [0.5, 0.6) is 0 Å². The van der Waals surface area contributed by atoms with Gasteiger partial charge in [0.25, 0.3) is 0 Å². The molecule has 0 saturated heterocycles. The fraction of sp³-hybridized carbons (Fsp3) is 0.190. The van der Waals surface area contributed by atoms with Crippen molar-refractivity contribution in [3.63, 3.8) is 0 Å². The Hall–Kier alpha value is -3.17. The summed E-state index contributed by atoms with van der Waals surface area (Å²) in [5.41, 5.74) is 4.44. The van der Waals surface area contributed by atoms with E-state index in [2.05, 4.69) is 6.07 Å². The summed E-state index contributed by atoms with van der Waals surface area (Å²) in [5.74, 6) is -1.30. The van der Waals surface area contributed by atoms with Gasteiger partial charge in [0.05, 0.1) is 11.1 Å². The van der Waals surface area contributed by atoms with Crippen LogP contribution in [0.15, 0.2) is 24.3 Å². The first-order valence-corrected chi connectivity index (χ1v) is 9.24. The third-order valence-corrected chi connectivity index (χ3v) is 6.28. The highest BCUT2D eigenvalue weighted by Gasteiger charge is 2.39. The molecule has 27 heavy (non-hydrogen) atoms. The number of hydrogen-bond donors (Lipinski definition) is 0. The minimum atomic E-state index is -0.657. The summed E-state index contributed by atoms with van der Waals surface area (Å²) in [6.07, 6.45) is 0. The maximum absolute atomic E-state index is 12.7. The molecule has 5 nitrogen and oxygen atoms in total. The van der Waals surface area contributed by atoms with E-state index in [0.717, 1.165) is 21.5 Å². The molecule has 134 valence electrons. The zero-order chi connectivity index (χ0) is 19.5. The Morgan fingerprint density at radius 3 is 2.30 bits per heavy atom. The minimum absolute atomic E-state index is 0.257. The average molecular weight is 376 g/mol. The summed E-state index contributed by atoms with van der Waals surface area (Å²) < 4.78 is 7.02. The van der Waals surface area contributed by atoms with E-state index in [-0.39, 0.29) is 11.1 Å². The SMILES string of the molecule is Cc1sc(C#N)c(C)c1C1=C(c2c(C)n(C)c3ccccc23)C(=O)OC1=O. The van der Waals surface area contributed by atoms with Crippen LogP contribution >= 0.6 is 11.3 Å². The van der Waals surface area contributed by atoms with Gasteiger partial charge in [-0.25, -0.2) is 9.59 Å². The van der Waals surface area contributed by atoms with Crippen molar-refractivity contribution in [3.8, 4) is 6.07 Å². The number of nitrogens with zero attached hydrogens (tertiary/aromatic N) is 2. The second-order valence-corrected chi connectivity index (χ2v) is 7.79. The number of carbonyl (C=O) groups is 2. The van der Waals surface area contributed by atoms with Gasteiger partial charge in [-0.1, -0.05) is 18.2 Å². The van der Waals surface area contributed by atoms with E-state index in [1.165, 1.54) is 11.3 Å². The topological polar surface area (TPSA) is 72.1 Å². The van der Waals surface area contributed by atoms with Crippen molar-refractivity contribution >= 4 is 45.3 Å². The zero-order valence-corrected chi connectivity index (χ0v) is 16.2. The molecular formula is C21H16N2O3S. The lowest BCUT2D eigenvalue weighted by Crippen LogP contribution is -2.02. The van der Waals surface area contributed by atoms with Gasteiger partial charge in [0.1, 0.15) is 10.9 Å². The molecule has 0 N–H and O–H groups in total. The first-order valence-electron chi connectivity index (χ1n) is 8.42. The molecule has 1 aromatic carbocycles. The van der Waals surface area contributed by atoms with Crippen molar-refractivity contribution in [2.75, 3.05) is 0 Å². The number of benzene rings is 1. The molecule has 0 amide bonds. The lowest BCUT2D eigenvalue weighted by atomic mass is 9.92. The molecule has 6 heteroatoms. The molecule has 0 spiro atoms. The van der Waals surface area contributed by atoms with Crippen LogP contribution in [-0.4, -0.2) is 16.5 Å². The molecule has 2 aromatic heterocycles. The Balaban J connectivity index is 2.14. The number of para-hydroxylation sites is 1. The van der Waals surface area contributed by atoms with Crippen LogP contribution in [0, 0.1) is 32.1 Å². The van der Waals surface area contributed by atoms with Crippen LogP contribution in [-0.2, 0) is 21.4 Å². The third-order valence-electron chi connectivity index (χ3n) is 5.17. The molecule has 0 saturated carbocycles. The summed E-state index contributed by atoms with van der Waals surface area (Å²) in [6, 6.07) is 9.91. The van der Waals surface area contributed by atoms with E-state index in [9.17, 15) is 14.9 Å². The number of rotatable bonds is 2. The Morgan fingerprint density at radius 2 is 1.67 bits per heavy atom. The van der Waals surface area contributed by atoms with Crippen LogP contribution in [0.2, 0.25) is 0 Å². The van der Waals surface area contributed by atoms with E-state index in [4.69, 9.17) is 4.74 Å². The summed E-state index contributed by atoms with van der Waals surface area (Å²) >= 11 is 1.32. The second-order valence-electron chi connectivity index (χ2n) is 6.56. The number of cyclic esters (lactones) is 2. The van der Waals surface area contributed by atoms with Crippen LogP contribution < -0.4 is 0 Å². The van der Waals surface area contributed by atoms with E-state index in [1.807, 2.05) is 49.7 Å². The fourth-order valence-electron chi connectivity index (χ4n) is 3.81. The van der Waals surface area contributed by atoms with E-state index in [1.54, 1.807) is 6.92 Å². The number of hydrogen-bond acceptors (Lipinski definition) is 5. The number of aryl methyl sites for hydroxylation is 2. The summed E-state index contributed by atoms with van der Waals surface area (Å²) in [4.78, 5) is 26.7. The molecule has 1 aliphatic heterocycles. The maximum Gasteiger partial charge on any atom is 0.347 e. The lowest BCUT2D eigenvalue weighted by Gasteiger charge is -2.06. The van der Waals surface area contributed by atoms with Gasteiger partial charge >= 0.3 is 11.9 Å². The van der Waals surface area contributed by atoms with E-state index < -0.39 is 11.9 Å². The van der Waals surface area contributed by atoms with Crippen LogP contribution in [0.3, 0.4) is 0 Å². The summed E-state index contributed by atoms with van der Waals surface area (Å²) in [5, 5.41) is 10.2. The number of aromatic nitrogens is 1. The average Bonchev–Trinajstić information content (AvgIpc) is 3.18. The molecule has 0 radical (unpaired) electrons. The molecule has 0 atom stereocenters. The van der Waals surface area contributed by atoms with Crippen LogP contribution in [0.25, 0.3) is 22.0 Å². The molecule has 0 bridgehead atoms. The van der Waals surface area contributed by atoms with Crippen molar-refractivity contribution in [1.82, 2.24) is 4.57 Å². The number of fused-ring (bicyclic) bond motifs is 1. The highest BCUT2D eigenvalue weighted by molar-refractivity contribution is 7.13. The molecule has 0 aliphatic carbocycles. The smallest absolute Gasteiger partial charge is 0.347 e. The van der Waals surface area contributed by atoms with Crippen LogP contribution in [0.4, 0.5) is 0 Å². The van der Waals surface area contributed by atoms with Crippen molar-refractivity contribution in [1.29, 1.82) is 5.26 Å². The predicted molar refractivity (Wildman–Crippen MR) is 104 cm³/mol. The Morgan fingerprint density at radius 1 is 1.04 bits per heavy atom. The third kappa shape index (κ3) is 2.29. The molecule has 1 aliphatic rings. The van der Waals surface area contributed by atoms with Crippen molar-refractivity contribution in [2.45, 2.75) is 20.8 Å². The standard InChI is InChI=1S/C21H16N2O3S/c1-10-15(9-22)27-12(3)16(10)18-19(21(25)26-20(18)24)17-11(2)23(4)14-8-6-5-7-13(14)17/h5-8H,1-4H3. The van der Waals surface area contributed by atoms with Gasteiger partial charge in [-0.05, 0) is 32.4 Å². The van der Waals surface area contributed by atoms with Gasteiger partial charge in [-0.2, -0.15) is 5.26 Å². The first kappa shape index (κ1) is 17.3. The van der Waals surface area contributed by atoms with Gasteiger partial charge in [0, 0.05) is 39.6 Å². The van der Waals surface area contributed by atoms with Gasteiger partial charge in [-0.15, -0.1) is 11.3 Å². The van der Waals surface area contributed by atoms with Crippen molar-refractivity contribution in [2.24, 2.45) is 7.05 Å². The van der Waals surface area contributed by atoms with Crippen molar-refractivity contribution in [3.05, 3.63) is 56.4 Å². The van der Waals surface area contributed by atoms with Crippen LogP contribution in [0.1, 0.15) is 32.1 Å². The lowest BCUT2D eigenvalue weighted by molar-refractivity contribution is -0.149. The molecule has 0 fully saturated rings. The largest absolute Gasteiger partial charge is 0.386 e. The monoisotopic (exact) mass is 376 g/mol. The molecule has 4 rings (SSSR count). The summed E-state index contributed by atoms with van der Waals surface area (Å²) in [6.45, 7) is 5.57. The predicted octanol–water partition coefficient (Wildman–Crippen LogP) is 4.03. The Labute approximate surface area is 160 Å². The number of nitriles is 1. The minimum Gasteiger partial charge on any atom is -0.386 e. The Bertz CT molecular complexity index is 1230. The second kappa shape index (κ2) is 5.93. The van der Waals surface area contributed by atoms with Gasteiger partial charge in [0.2, 0.25) is 0 Å². The van der Waals surface area contributed by atoms with Gasteiger partial charge < -0.3 is 9.30 Å². The van der Waals surface area contributed by atoms with E-state index >= 15 is 0 Å². The highest BCUT2D eigenvalue weighted by Crippen LogP contribution is 2.43. The highest BCUT2D eigenvalue weighted by atomic mass is 32.1.